The Kier molecular flexibility index (Phi) is 4.49. The number of amides is 1. The summed E-state index contributed by atoms with van der Waals surface area (Å²) in [6, 6.07) is 8.33. The van der Waals surface area contributed by atoms with Crippen LogP contribution in [0.4, 0.5) is 11.5 Å². The molecule has 1 aromatic carbocycles. The highest BCUT2D eigenvalue weighted by Crippen LogP contribution is 2.25. The summed E-state index contributed by atoms with van der Waals surface area (Å²) in [7, 11) is 0. The number of nitrogens with zero attached hydrogens (tertiary/aromatic N) is 1. The molecule has 2 aromatic rings. The average molecular weight is 408 g/mol. The summed E-state index contributed by atoms with van der Waals surface area (Å²) in [6.07, 6.45) is 0. The van der Waals surface area contributed by atoms with Crippen molar-refractivity contribution in [2.24, 2.45) is 0 Å². The van der Waals surface area contributed by atoms with Gasteiger partial charge in [-0.15, -0.1) is 0 Å². The number of pyridine rings is 1. The molecule has 0 saturated carbocycles. The molecule has 0 aliphatic heterocycles. The van der Waals surface area contributed by atoms with Crippen LogP contribution in [0.5, 0.6) is 0 Å². The van der Waals surface area contributed by atoms with Gasteiger partial charge in [-0.2, -0.15) is 0 Å². The van der Waals surface area contributed by atoms with E-state index in [0.717, 1.165) is 3.57 Å². The zero-order valence-corrected chi connectivity index (χ0v) is 13.1. The maximum atomic E-state index is 12.1. The van der Waals surface area contributed by atoms with Crippen molar-refractivity contribution in [3.63, 3.8) is 0 Å². The van der Waals surface area contributed by atoms with E-state index in [1.807, 2.05) is 6.07 Å². The highest BCUT2D eigenvalue weighted by molar-refractivity contribution is 14.1. The third-order valence-electron chi connectivity index (χ3n) is 2.26. The molecule has 0 saturated heterocycles. The number of carbonyl (C=O) groups excluding carboxylic acids is 1. The van der Waals surface area contributed by atoms with Crippen LogP contribution in [0.1, 0.15) is 10.5 Å². The highest BCUT2D eigenvalue weighted by atomic mass is 127. The first-order chi connectivity index (χ1) is 8.97. The van der Waals surface area contributed by atoms with Crippen LogP contribution in [0, 0.1) is 3.57 Å². The number of carbonyl (C=O) groups is 1. The fourth-order valence-electron chi connectivity index (χ4n) is 1.39. The largest absolute Gasteiger partial charge is 0.384 e. The second-order valence-corrected chi connectivity index (χ2v) is 5.70. The van der Waals surface area contributed by atoms with Gasteiger partial charge >= 0.3 is 0 Å². The van der Waals surface area contributed by atoms with Crippen LogP contribution in [-0.2, 0) is 0 Å². The lowest BCUT2D eigenvalue weighted by Gasteiger charge is -2.08. The molecule has 19 heavy (non-hydrogen) atoms. The fourth-order valence-corrected chi connectivity index (χ4v) is 2.48. The second-order valence-electron chi connectivity index (χ2n) is 3.64. The Balaban J connectivity index is 2.28. The van der Waals surface area contributed by atoms with Gasteiger partial charge in [0, 0.05) is 3.57 Å². The minimum absolute atomic E-state index is 0.0660. The van der Waals surface area contributed by atoms with Gasteiger partial charge in [-0.3, -0.25) is 4.79 Å². The molecule has 98 valence electrons. The monoisotopic (exact) mass is 407 g/mol. The molecule has 0 aliphatic rings. The molecular formula is C12H8Cl2IN3O. The maximum Gasteiger partial charge on any atom is 0.275 e. The summed E-state index contributed by atoms with van der Waals surface area (Å²) < 4.78 is 0.973. The standard InChI is InChI=1S/C12H8Cl2IN3O/c13-7-2-4-10(16)18-11(7)12(19)17-9-3-1-6(15)5-8(9)14/h1-5H,(H2,16,18)(H,17,19). The van der Waals surface area contributed by atoms with Gasteiger partial charge in [0.15, 0.2) is 0 Å². The summed E-state index contributed by atoms with van der Waals surface area (Å²) in [4.78, 5) is 16.0. The molecule has 0 bridgehead atoms. The molecule has 1 amide bonds. The molecule has 0 spiro atoms. The van der Waals surface area contributed by atoms with Gasteiger partial charge in [-0.25, -0.2) is 4.98 Å². The lowest BCUT2D eigenvalue weighted by atomic mass is 10.3. The van der Waals surface area contributed by atoms with E-state index in [1.54, 1.807) is 12.1 Å². The summed E-state index contributed by atoms with van der Waals surface area (Å²) >= 11 is 14.1. The molecule has 0 atom stereocenters. The van der Waals surface area contributed by atoms with E-state index >= 15 is 0 Å². The van der Waals surface area contributed by atoms with Crippen LogP contribution in [-0.4, -0.2) is 10.9 Å². The van der Waals surface area contributed by atoms with Gasteiger partial charge in [0.25, 0.3) is 5.91 Å². The predicted octanol–water partition coefficient (Wildman–Crippen LogP) is 3.83. The number of halogens is 3. The molecule has 1 aromatic heterocycles. The Morgan fingerprint density at radius 2 is 1.95 bits per heavy atom. The molecule has 2 rings (SSSR count). The number of nitrogen functional groups attached to an aromatic ring is 1. The van der Waals surface area contributed by atoms with E-state index in [-0.39, 0.29) is 16.5 Å². The first-order valence-corrected chi connectivity index (χ1v) is 6.99. The molecule has 3 N–H and O–H groups in total. The van der Waals surface area contributed by atoms with Crippen molar-refractivity contribution in [1.29, 1.82) is 0 Å². The smallest absolute Gasteiger partial charge is 0.275 e. The van der Waals surface area contributed by atoms with E-state index in [9.17, 15) is 4.79 Å². The van der Waals surface area contributed by atoms with Crippen molar-refractivity contribution in [3.8, 4) is 0 Å². The lowest BCUT2D eigenvalue weighted by Crippen LogP contribution is -2.15. The Morgan fingerprint density at radius 1 is 1.21 bits per heavy atom. The minimum Gasteiger partial charge on any atom is -0.384 e. The van der Waals surface area contributed by atoms with Crippen molar-refractivity contribution < 1.29 is 4.79 Å². The molecule has 4 nitrogen and oxygen atoms in total. The lowest BCUT2D eigenvalue weighted by molar-refractivity contribution is 0.102. The van der Waals surface area contributed by atoms with E-state index in [0.29, 0.717) is 10.7 Å². The predicted molar refractivity (Wildman–Crippen MR) is 85.8 cm³/mol. The van der Waals surface area contributed by atoms with Crippen LogP contribution in [0.25, 0.3) is 0 Å². The molecule has 0 unspecified atom stereocenters. The number of rotatable bonds is 2. The SMILES string of the molecule is Nc1ccc(Cl)c(C(=O)Nc2ccc(I)cc2Cl)n1. The zero-order chi connectivity index (χ0) is 14.0. The van der Waals surface area contributed by atoms with Gasteiger partial charge < -0.3 is 11.1 Å². The fraction of sp³-hybridized carbons (Fsp3) is 0. The molecule has 7 heteroatoms. The topological polar surface area (TPSA) is 68.0 Å². The van der Waals surface area contributed by atoms with Gasteiger partial charge in [-0.1, -0.05) is 23.2 Å². The van der Waals surface area contributed by atoms with E-state index in [1.165, 1.54) is 12.1 Å². The Hall–Kier alpha value is -1.05. The summed E-state index contributed by atoms with van der Waals surface area (Å²) in [5.41, 5.74) is 6.09. The maximum absolute atomic E-state index is 12.1. The van der Waals surface area contributed by atoms with Gasteiger partial charge in [0.1, 0.15) is 11.5 Å². The van der Waals surface area contributed by atoms with E-state index < -0.39 is 5.91 Å². The second kappa shape index (κ2) is 5.94. The Labute approximate surface area is 133 Å². The first-order valence-electron chi connectivity index (χ1n) is 5.16. The summed E-state index contributed by atoms with van der Waals surface area (Å²) in [5.74, 6) is -0.233. The number of aromatic nitrogens is 1. The van der Waals surface area contributed by atoms with Crippen LogP contribution in [0.15, 0.2) is 30.3 Å². The van der Waals surface area contributed by atoms with Crippen LogP contribution in [0.3, 0.4) is 0 Å². The zero-order valence-electron chi connectivity index (χ0n) is 9.45. The van der Waals surface area contributed by atoms with Crippen molar-refractivity contribution in [3.05, 3.63) is 49.6 Å². The molecular weight excluding hydrogens is 400 g/mol. The minimum atomic E-state index is -0.458. The average Bonchev–Trinajstić information content (AvgIpc) is 2.35. The molecule has 0 fully saturated rings. The quantitative estimate of drug-likeness (QED) is 0.743. The van der Waals surface area contributed by atoms with E-state index in [4.69, 9.17) is 28.9 Å². The Morgan fingerprint density at radius 3 is 2.63 bits per heavy atom. The van der Waals surface area contributed by atoms with Crippen molar-refractivity contribution in [2.75, 3.05) is 11.1 Å². The normalized spacial score (nSPS) is 10.3. The number of nitrogens with one attached hydrogen (secondary N) is 1. The third-order valence-corrected chi connectivity index (χ3v) is 3.55. The third kappa shape index (κ3) is 3.49. The molecule has 0 radical (unpaired) electrons. The number of benzene rings is 1. The van der Waals surface area contributed by atoms with Crippen molar-refractivity contribution >= 4 is 63.2 Å². The summed E-state index contributed by atoms with van der Waals surface area (Å²) in [6.45, 7) is 0. The summed E-state index contributed by atoms with van der Waals surface area (Å²) in [5, 5.41) is 3.32. The van der Waals surface area contributed by atoms with Crippen LogP contribution >= 0.6 is 45.8 Å². The number of anilines is 2. The van der Waals surface area contributed by atoms with Crippen molar-refractivity contribution in [1.82, 2.24) is 4.98 Å². The van der Waals surface area contributed by atoms with Gasteiger partial charge in [-0.05, 0) is 52.9 Å². The number of nitrogens with two attached hydrogens (primary N) is 1. The van der Waals surface area contributed by atoms with Crippen LogP contribution in [0.2, 0.25) is 10.0 Å². The van der Waals surface area contributed by atoms with Crippen molar-refractivity contribution in [2.45, 2.75) is 0 Å². The number of hydrogen-bond donors (Lipinski definition) is 2. The molecule has 1 heterocycles. The van der Waals surface area contributed by atoms with Crippen LogP contribution < -0.4 is 11.1 Å². The first kappa shape index (κ1) is 14.4. The highest BCUT2D eigenvalue weighted by Gasteiger charge is 2.14. The number of hydrogen-bond acceptors (Lipinski definition) is 3. The van der Waals surface area contributed by atoms with E-state index in [2.05, 4.69) is 32.9 Å². The molecule has 0 aliphatic carbocycles. The Bertz CT molecular complexity index is 649. The van der Waals surface area contributed by atoms with Gasteiger partial charge in [0.2, 0.25) is 0 Å². The van der Waals surface area contributed by atoms with Gasteiger partial charge in [0.05, 0.1) is 15.7 Å².